The van der Waals surface area contributed by atoms with Gasteiger partial charge in [-0.1, -0.05) is 6.42 Å². The minimum Gasteiger partial charge on any atom is -0.352 e. The van der Waals surface area contributed by atoms with Gasteiger partial charge in [0, 0.05) is 12.1 Å². The summed E-state index contributed by atoms with van der Waals surface area (Å²) in [7, 11) is 0. The van der Waals surface area contributed by atoms with E-state index < -0.39 is 0 Å². The van der Waals surface area contributed by atoms with Crippen LogP contribution in [0.25, 0.3) is 0 Å². The first-order valence-electron chi connectivity index (χ1n) is 5.99. The largest absolute Gasteiger partial charge is 0.352 e. The van der Waals surface area contributed by atoms with Crippen molar-refractivity contribution in [2.45, 2.75) is 44.2 Å². The summed E-state index contributed by atoms with van der Waals surface area (Å²) < 4.78 is 0. The van der Waals surface area contributed by atoms with Gasteiger partial charge < -0.3 is 16.4 Å². The van der Waals surface area contributed by atoms with E-state index in [1.165, 1.54) is 0 Å². The number of hydrogen-bond acceptors (Lipinski definition) is 3. The van der Waals surface area contributed by atoms with Gasteiger partial charge in [0.2, 0.25) is 11.8 Å². The summed E-state index contributed by atoms with van der Waals surface area (Å²) >= 11 is 0. The van der Waals surface area contributed by atoms with Crippen molar-refractivity contribution in [3.8, 4) is 0 Å². The van der Waals surface area contributed by atoms with Crippen molar-refractivity contribution in [1.29, 1.82) is 0 Å². The van der Waals surface area contributed by atoms with Crippen LogP contribution in [0, 0.1) is 5.92 Å². The zero-order valence-corrected chi connectivity index (χ0v) is 10.6. The third-order valence-electron chi connectivity index (χ3n) is 3.27. The average molecular weight is 262 g/mol. The van der Waals surface area contributed by atoms with Crippen LogP contribution in [0.2, 0.25) is 0 Å². The van der Waals surface area contributed by atoms with Crippen LogP contribution in [0.1, 0.15) is 32.1 Å². The molecule has 0 radical (unpaired) electrons. The van der Waals surface area contributed by atoms with Gasteiger partial charge in [0.15, 0.2) is 0 Å². The lowest BCUT2D eigenvalue weighted by atomic mass is 10.0. The maximum atomic E-state index is 11.7. The number of halogens is 1. The Morgan fingerprint density at radius 3 is 2.41 bits per heavy atom. The molecular formula is C11H20ClN3O2. The molecule has 2 atom stereocenters. The average Bonchev–Trinajstić information content (AvgIpc) is 2.95. The lowest BCUT2D eigenvalue weighted by Crippen LogP contribution is -2.43. The number of nitrogens with two attached hydrogens (primary N) is 1. The molecule has 2 fully saturated rings. The van der Waals surface area contributed by atoms with Gasteiger partial charge in [-0.2, -0.15) is 0 Å². The first-order valence-corrected chi connectivity index (χ1v) is 5.99. The zero-order valence-electron chi connectivity index (χ0n) is 9.78. The molecule has 0 aliphatic heterocycles. The monoisotopic (exact) mass is 261 g/mol. The van der Waals surface area contributed by atoms with Gasteiger partial charge in [0.1, 0.15) is 0 Å². The zero-order chi connectivity index (χ0) is 11.5. The van der Waals surface area contributed by atoms with Crippen molar-refractivity contribution in [2.24, 2.45) is 11.7 Å². The highest BCUT2D eigenvalue weighted by molar-refractivity contribution is 5.86. The Balaban J connectivity index is 0.00000144. The van der Waals surface area contributed by atoms with E-state index >= 15 is 0 Å². The van der Waals surface area contributed by atoms with Crippen LogP contribution in [-0.4, -0.2) is 30.4 Å². The quantitative estimate of drug-likeness (QED) is 0.662. The number of amides is 2. The van der Waals surface area contributed by atoms with Crippen LogP contribution in [0.4, 0.5) is 0 Å². The van der Waals surface area contributed by atoms with E-state index in [4.69, 9.17) is 5.73 Å². The first kappa shape index (κ1) is 14.3. The molecule has 98 valence electrons. The fraction of sp³-hybridized carbons (Fsp3) is 0.818. The fourth-order valence-corrected chi connectivity index (χ4v) is 2.12. The number of hydrogen-bond donors (Lipinski definition) is 3. The maximum Gasteiger partial charge on any atom is 0.239 e. The summed E-state index contributed by atoms with van der Waals surface area (Å²) in [5.41, 5.74) is 5.82. The van der Waals surface area contributed by atoms with E-state index in [0.29, 0.717) is 6.04 Å². The Labute approximate surface area is 107 Å². The molecule has 4 N–H and O–H groups in total. The molecule has 2 unspecified atom stereocenters. The second-order valence-corrected chi connectivity index (χ2v) is 4.76. The molecule has 2 aliphatic rings. The Hall–Kier alpha value is -0.810. The molecule has 5 nitrogen and oxygen atoms in total. The minimum absolute atomic E-state index is 0. The Morgan fingerprint density at radius 1 is 1.18 bits per heavy atom. The van der Waals surface area contributed by atoms with Crippen LogP contribution < -0.4 is 16.4 Å². The van der Waals surface area contributed by atoms with Crippen molar-refractivity contribution in [1.82, 2.24) is 10.6 Å². The van der Waals surface area contributed by atoms with Crippen LogP contribution in [0.5, 0.6) is 0 Å². The van der Waals surface area contributed by atoms with Gasteiger partial charge in [-0.25, -0.2) is 0 Å². The van der Waals surface area contributed by atoms with Crippen LogP contribution in [0.3, 0.4) is 0 Å². The molecule has 0 saturated heterocycles. The maximum absolute atomic E-state index is 11.7. The molecular weight excluding hydrogens is 242 g/mol. The lowest BCUT2D eigenvalue weighted by Gasteiger charge is -2.14. The van der Waals surface area contributed by atoms with Gasteiger partial charge in [-0.3, -0.25) is 9.59 Å². The van der Waals surface area contributed by atoms with Crippen molar-refractivity contribution >= 4 is 24.2 Å². The Morgan fingerprint density at radius 2 is 1.88 bits per heavy atom. The number of carbonyl (C=O) groups is 2. The second-order valence-electron chi connectivity index (χ2n) is 4.76. The first-order chi connectivity index (χ1) is 7.66. The summed E-state index contributed by atoms with van der Waals surface area (Å²) in [5, 5.41) is 5.48. The molecule has 17 heavy (non-hydrogen) atoms. The molecule has 0 aromatic rings. The SMILES string of the molecule is Cl.NC1CCCC1C(=O)NCC(=O)NC1CC1. The summed E-state index contributed by atoms with van der Waals surface area (Å²) in [6.07, 6.45) is 4.89. The standard InChI is InChI=1S/C11H19N3O2.ClH/c12-9-3-1-2-8(9)11(16)13-6-10(15)14-7-4-5-7;/h7-9H,1-6,12H2,(H,13,16)(H,14,15);1H. The molecule has 2 saturated carbocycles. The summed E-state index contributed by atoms with van der Waals surface area (Å²) in [5.74, 6) is -0.271. The fourth-order valence-electron chi connectivity index (χ4n) is 2.12. The Bertz CT molecular complexity index is 294. The van der Waals surface area contributed by atoms with Crippen LogP contribution >= 0.6 is 12.4 Å². The molecule has 6 heteroatoms. The van der Waals surface area contributed by atoms with Crippen molar-refractivity contribution in [2.75, 3.05) is 6.54 Å². The van der Waals surface area contributed by atoms with Crippen LogP contribution in [0.15, 0.2) is 0 Å². The smallest absolute Gasteiger partial charge is 0.239 e. The van der Waals surface area contributed by atoms with E-state index in [1.807, 2.05) is 0 Å². The summed E-state index contributed by atoms with van der Waals surface area (Å²) in [6.45, 7) is 0.0819. The molecule has 0 bridgehead atoms. The number of nitrogens with one attached hydrogen (secondary N) is 2. The number of carbonyl (C=O) groups excluding carboxylic acids is 2. The van der Waals surface area contributed by atoms with E-state index in [2.05, 4.69) is 10.6 Å². The molecule has 2 aliphatic carbocycles. The molecule has 0 aromatic carbocycles. The summed E-state index contributed by atoms with van der Waals surface area (Å²) in [6, 6.07) is 0.310. The van der Waals surface area contributed by atoms with E-state index in [-0.39, 0.29) is 42.7 Å². The summed E-state index contributed by atoms with van der Waals surface area (Å²) in [4.78, 5) is 23.0. The van der Waals surface area contributed by atoms with E-state index in [9.17, 15) is 9.59 Å². The van der Waals surface area contributed by atoms with E-state index in [0.717, 1.165) is 32.1 Å². The molecule has 0 heterocycles. The van der Waals surface area contributed by atoms with Gasteiger partial charge in [-0.15, -0.1) is 12.4 Å². The van der Waals surface area contributed by atoms with E-state index in [1.54, 1.807) is 0 Å². The van der Waals surface area contributed by atoms with Gasteiger partial charge >= 0.3 is 0 Å². The minimum atomic E-state index is -0.103. The van der Waals surface area contributed by atoms with Crippen LogP contribution in [-0.2, 0) is 9.59 Å². The lowest BCUT2D eigenvalue weighted by molar-refractivity contribution is -0.128. The highest BCUT2D eigenvalue weighted by atomic mass is 35.5. The Kier molecular flexibility index (Phi) is 5.21. The van der Waals surface area contributed by atoms with Crippen molar-refractivity contribution < 1.29 is 9.59 Å². The highest BCUT2D eigenvalue weighted by Crippen LogP contribution is 2.23. The topological polar surface area (TPSA) is 84.2 Å². The van der Waals surface area contributed by atoms with Gasteiger partial charge in [-0.05, 0) is 25.7 Å². The molecule has 0 spiro atoms. The third kappa shape index (κ3) is 4.16. The normalized spacial score (nSPS) is 27.1. The highest BCUT2D eigenvalue weighted by Gasteiger charge is 2.30. The van der Waals surface area contributed by atoms with Gasteiger partial charge in [0.05, 0.1) is 12.5 Å². The molecule has 2 rings (SSSR count). The van der Waals surface area contributed by atoms with Gasteiger partial charge in [0.25, 0.3) is 0 Å². The second kappa shape index (κ2) is 6.21. The van der Waals surface area contributed by atoms with Crippen molar-refractivity contribution in [3.05, 3.63) is 0 Å². The predicted molar refractivity (Wildman–Crippen MR) is 66.7 cm³/mol. The van der Waals surface area contributed by atoms with Crippen molar-refractivity contribution in [3.63, 3.8) is 0 Å². The molecule has 0 aromatic heterocycles. The predicted octanol–water partition coefficient (Wildman–Crippen LogP) is -0.0696. The molecule has 2 amide bonds. The number of rotatable bonds is 4. The third-order valence-corrected chi connectivity index (χ3v) is 3.27.